The van der Waals surface area contributed by atoms with Gasteiger partial charge in [0.1, 0.15) is 11.5 Å². The van der Waals surface area contributed by atoms with Crippen LogP contribution in [0, 0.1) is 0 Å². The van der Waals surface area contributed by atoms with E-state index < -0.39 is 5.11 Å². The summed E-state index contributed by atoms with van der Waals surface area (Å²) in [5.41, 5.74) is 4.20. The van der Waals surface area contributed by atoms with Gasteiger partial charge in [-0.15, -0.1) is 5.47 Å². The van der Waals surface area contributed by atoms with E-state index in [1.165, 1.54) is 0 Å². The van der Waals surface area contributed by atoms with Gasteiger partial charge >= 0.3 is 12.1 Å². The van der Waals surface area contributed by atoms with Crippen LogP contribution in [0.5, 0.6) is 11.5 Å². The highest BCUT2D eigenvalue weighted by Crippen LogP contribution is 2.51. The Morgan fingerprint density at radius 3 is 1.64 bits per heavy atom. The van der Waals surface area contributed by atoms with E-state index >= 15 is 0 Å². The zero-order chi connectivity index (χ0) is 20.7. The summed E-state index contributed by atoms with van der Waals surface area (Å²) in [6.45, 7) is 0.000460. The fourth-order valence-corrected chi connectivity index (χ4v) is 4.92. The SMILES string of the molecule is COc1ccc(C2=C(c3ccc(OC)cc3)[B-](Cl)(Cl)[N+](C)(C)B2N(C)C)cc1. The Kier molecular flexibility index (Phi) is 5.79. The molecule has 0 unspecified atom stereocenters. The van der Waals surface area contributed by atoms with E-state index in [2.05, 4.69) is 45.1 Å². The monoisotopic (exact) mass is 418 g/mol. The number of halogens is 2. The van der Waals surface area contributed by atoms with Crippen LogP contribution in [0.15, 0.2) is 48.5 Å². The summed E-state index contributed by atoms with van der Waals surface area (Å²) >= 11 is 14.3. The Labute approximate surface area is 178 Å². The molecule has 0 radical (unpaired) electrons. The average Bonchev–Trinajstić information content (AvgIpc) is 2.84. The summed E-state index contributed by atoms with van der Waals surface area (Å²) in [4.78, 5) is 2.18. The molecule has 0 saturated heterocycles. The van der Waals surface area contributed by atoms with Crippen molar-refractivity contribution in [3.63, 3.8) is 0 Å². The molecule has 1 aliphatic rings. The fourth-order valence-electron chi connectivity index (χ4n) is 4.22. The quantitative estimate of drug-likeness (QED) is 0.677. The lowest BCUT2D eigenvalue weighted by molar-refractivity contribution is -0.667. The maximum absolute atomic E-state index is 7.14. The minimum atomic E-state index is -1.93. The lowest BCUT2D eigenvalue weighted by Gasteiger charge is -2.50. The first kappa shape index (κ1) is 21.1. The summed E-state index contributed by atoms with van der Waals surface area (Å²) in [6.07, 6.45) is 0. The number of ether oxygens (including phenoxy) is 2. The van der Waals surface area contributed by atoms with Gasteiger partial charge in [0.15, 0.2) is 0 Å². The lowest BCUT2D eigenvalue weighted by atomic mass is 9.61. The number of nitrogens with zero attached hydrogens (tertiary/aromatic N) is 2. The van der Waals surface area contributed by atoms with Crippen molar-refractivity contribution in [3.8, 4) is 11.5 Å². The first-order valence-corrected chi connectivity index (χ1v) is 10.1. The first-order valence-electron chi connectivity index (χ1n) is 9.19. The average molecular weight is 419 g/mol. The van der Waals surface area contributed by atoms with E-state index in [-0.39, 0.29) is 6.98 Å². The standard InChI is InChI=1S/C20H26B2Cl2N2O2/c1-25(2)21-19(15-7-11-17(27-5)12-8-15)20(22(23,24)26(21,3)4)16-9-13-18(28-6)14-10-16/h7-14H,1-6H3. The molecule has 0 N–H and O–H groups in total. The number of quaternary nitrogens is 1. The van der Waals surface area contributed by atoms with Crippen LogP contribution in [0.2, 0.25) is 0 Å². The van der Waals surface area contributed by atoms with Crippen molar-refractivity contribution in [1.82, 2.24) is 4.81 Å². The molecule has 0 bridgehead atoms. The molecule has 0 spiro atoms. The topological polar surface area (TPSA) is 21.7 Å². The molecule has 148 valence electrons. The van der Waals surface area contributed by atoms with Crippen molar-refractivity contribution in [3.05, 3.63) is 59.7 Å². The van der Waals surface area contributed by atoms with Gasteiger partial charge in [-0.3, -0.25) is 27.7 Å². The Morgan fingerprint density at radius 2 is 1.25 bits per heavy atom. The highest BCUT2D eigenvalue weighted by atomic mass is 35.5. The molecule has 28 heavy (non-hydrogen) atoms. The number of rotatable bonds is 5. The van der Waals surface area contributed by atoms with Crippen LogP contribution in [0.1, 0.15) is 11.1 Å². The smallest absolute Gasteiger partial charge is 0.488 e. The van der Waals surface area contributed by atoms with Gasteiger partial charge in [-0.1, -0.05) is 29.8 Å². The van der Waals surface area contributed by atoms with Crippen LogP contribution in [0.3, 0.4) is 0 Å². The van der Waals surface area contributed by atoms with Gasteiger partial charge in [-0.25, -0.2) is 0 Å². The zero-order valence-electron chi connectivity index (χ0n) is 17.2. The second-order valence-electron chi connectivity index (χ2n) is 7.88. The van der Waals surface area contributed by atoms with Crippen LogP contribution in [-0.2, 0) is 0 Å². The molecule has 0 amide bonds. The zero-order valence-corrected chi connectivity index (χ0v) is 18.8. The summed E-state index contributed by atoms with van der Waals surface area (Å²) in [7, 11) is 11.6. The van der Waals surface area contributed by atoms with Gasteiger partial charge in [0.25, 0.3) is 0 Å². The molecule has 0 saturated carbocycles. The van der Waals surface area contributed by atoms with Crippen molar-refractivity contribution in [2.75, 3.05) is 42.4 Å². The largest absolute Gasteiger partial charge is 0.546 e. The third-order valence-electron chi connectivity index (χ3n) is 5.65. The van der Waals surface area contributed by atoms with Crippen LogP contribution in [0.4, 0.5) is 0 Å². The molecule has 0 aromatic heterocycles. The number of hydrogen-bond donors (Lipinski definition) is 0. The van der Waals surface area contributed by atoms with Crippen molar-refractivity contribution in [2.24, 2.45) is 0 Å². The first-order chi connectivity index (χ1) is 13.1. The summed E-state index contributed by atoms with van der Waals surface area (Å²) in [5.74, 6) is 1.62. The van der Waals surface area contributed by atoms with Crippen molar-refractivity contribution in [2.45, 2.75) is 0 Å². The Bertz CT molecular complexity index is 882. The number of benzene rings is 2. The molecular weight excluding hydrogens is 393 g/mol. The molecule has 1 heterocycles. The molecule has 0 fully saturated rings. The molecule has 2 aromatic rings. The molecule has 8 heteroatoms. The third-order valence-corrected chi connectivity index (χ3v) is 7.10. The van der Waals surface area contributed by atoms with E-state index in [1.54, 1.807) is 14.2 Å². The lowest BCUT2D eigenvalue weighted by Crippen LogP contribution is -2.65. The summed E-state index contributed by atoms with van der Waals surface area (Å²) in [5, 5.41) is -1.93. The van der Waals surface area contributed by atoms with E-state index in [1.807, 2.05) is 36.4 Å². The Balaban J connectivity index is 2.30. The minimum absolute atomic E-state index is 0.000460. The van der Waals surface area contributed by atoms with Gasteiger partial charge in [-0.05, 0) is 49.4 Å². The predicted molar refractivity (Wildman–Crippen MR) is 122 cm³/mol. The highest BCUT2D eigenvalue weighted by molar-refractivity contribution is 7.52. The predicted octanol–water partition coefficient (Wildman–Crippen LogP) is 4.25. The van der Waals surface area contributed by atoms with Crippen molar-refractivity contribution >= 4 is 46.0 Å². The van der Waals surface area contributed by atoms with E-state index in [0.29, 0.717) is 4.31 Å². The highest BCUT2D eigenvalue weighted by Gasteiger charge is 2.59. The molecule has 1 aliphatic heterocycles. The normalized spacial score (nSPS) is 18.0. The molecule has 0 aliphatic carbocycles. The fraction of sp³-hybridized carbons (Fsp3) is 0.300. The van der Waals surface area contributed by atoms with Crippen LogP contribution < -0.4 is 9.47 Å². The van der Waals surface area contributed by atoms with E-state index in [0.717, 1.165) is 33.6 Å². The summed E-state index contributed by atoms with van der Waals surface area (Å²) in [6, 6.07) is 16.0. The van der Waals surface area contributed by atoms with Crippen LogP contribution >= 0.6 is 22.9 Å². The van der Waals surface area contributed by atoms with Crippen molar-refractivity contribution in [1.29, 1.82) is 0 Å². The van der Waals surface area contributed by atoms with Gasteiger partial charge in [0, 0.05) is 14.1 Å². The maximum Gasteiger partial charge on any atom is 0.488 e. The Morgan fingerprint density at radius 1 is 0.821 bits per heavy atom. The van der Waals surface area contributed by atoms with Gasteiger partial charge < -0.3 is 13.8 Å². The van der Waals surface area contributed by atoms with Crippen LogP contribution in [-0.4, -0.2) is 63.6 Å². The van der Waals surface area contributed by atoms with Crippen LogP contribution in [0.25, 0.3) is 10.9 Å². The molecule has 3 rings (SSSR count). The van der Waals surface area contributed by atoms with Gasteiger partial charge in [-0.2, -0.15) is 0 Å². The second-order valence-corrected chi connectivity index (χ2v) is 9.36. The maximum atomic E-state index is 7.14. The summed E-state index contributed by atoms with van der Waals surface area (Å²) < 4.78 is 11.1. The minimum Gasteiger partial charge on any atom is -0.546 e. The third kappa shape index (κ3) is 3.33. The van der Waals surface area contributed by atoms with E-state index in [9.17, 15) is 0 Å². The van der Waals surface area contributed by atoms with E-state index in [4.69, 9.17) is 32.4 Å². The van der Waals surface area contributed by atoms with Gasteiger partial charge in [0.2, 0.25) is 0 Å². The molecule has 4 nitrogen and oxygen atoms in total. The Hall–Kier alpha value is -1.59. The van der Waals surface area contributed by atoms with Crippen molar-refractivity contribution < 1.29 is 13.8 Å². The number of methoxy groups -OCH3 is 2. The molecular formula is C20H26B2Cl2N2O2. The molecule has 2 aromatic carbocycles. The van der Waals surface area contributed by atoms with Gasteiger partial charge in [0.05, 0.1) is 14.2 Å². The number of hydrogen-bond acceptors (Lipinski definition) is 3. The second kappa shape index (κ2) is 7.68. The molecule has 0 atom stereocenters.